The quantitative estimate of drug-likeness (QED) is 0.905. The molecule has 2 fully saturated rings. The normalized spacial score (nSPS) is 31.3. The molecule has 22 heavy (non-hydrogen) atoms. The molecule has 1 unspecified atom stereocenters. The van der Waals surface area contributed by atoms with E-state index in [0.29, 0.717) is 12.6 Å². The minimum absolute atomic E-state index is 0.289. The molecule has 3 rings (SSSR count). The molecule has 1 heterocycles. The van der Waals surface area contributed by atoms with Gasteiger partial charge in [0, 0.05) is 12.6 Å². The molecule has 1 aliphatic heterocycles. The zero-order valence-corrected chi connectivity index (χ0v) is 13.7. The van der Waals surface area contributed by atoms with E-state index in [0.717, 1.165) is 17.9 Å². The first kappa shape index (κ1) is 16.0. The maximum Gasteiger partial charge on any atom is 0.102 e. The summed E-state index contributed by atoms with van der Waals surface area (Å²) in [6.07, 6.45) is 6.05. The van der Waals surface area contributed by atoms with Crippen LogP contribution < -0.4 is 0 Å². The molecule has 1 aliphatic carbocycles. The molecule has 122 valence electrons. The van der Waals surface area contributed by atoms with Gasteiger partial charge >= 0.3 is 0 Å². The van der Waals surface area contributed by atoms with Crippen LogP contribution in [0.15, 0.2) is 30.3 Å². The number of rotatable bonds is 5. The van der Waals surface area contributed by atoms with E-state index < -0.39 is 6.10 Å². The van der Waals surface area contributed by atoms with Crippen molar-refractivity contribution in [2.45, 2.75) is 57.3 Å². The van der Waals surface area contributed by atoms with Gasteiger partial charge in [-0.2, -0.15) is 0 Å². The molecule has 3 heteroatoms. The first-order valence-corrected chi connectivity index (χ1v) is 8.82. The maximum absolute atomic E-state index is 10.3. The summed E-state index contributed by atoms with van der Waals surface area (Å²) in [5, 5.41) is 10.3. The van der Waals surface area contributed by atoms with Gasteiger partial charge in [0.05, 0.1) is 12.7 Å². The molecule has 1 saturated carbocycles. The monoisotopic (exact) mass is 303 g/mol. The van der Waals surface area contributed by atoms with Gasteiger partial charge in [-0.25, -0.2) is 0 Å². The first-order valence-electron chi connectivity index (χ1n) is 8.82. The molecular weight excluding hydrogens is 274 g/mol. The third-order valence-corrected chi connectivity index (χ3v) is 5.24. The molecule has 3 nitrogen and oxygen atoms in total. The Bertz CT molecular complexity index is 450. The highest BCUT2D eigenvalue weighted by Gasteiger charge is 2.34. The highest BCUT2D eigenvalue weighted by Crippen LogP contribution is 2.30. The molecule has 1 N–H and O–H groups in total. The van der Waals surface area contributed by atoms with Crippen molar-refractivity contribution in [2.24, 2.45) is 5.92 Å². The molecule has 0 aromatic heterocycles. The predicted octanol–water partition coefficient (Wildman–Crippen LogP) is 3.39. The van der Waals surface area contributed by atoms with Crippen molar-refractivity contribution in [3.05, 3.63) is 35.9 Å². The fourth-order valence-electron chi connectivity index (χ4n) is 3.95. The second-order valence-corrected chi connectivity index (χ2v) is 7.04. The molecule has 1 saturated heterocycles. The number of benzene rings is 1. The first-order chi connectivity index (χ1) is 10.7. The SMILES string of the molecule is C[C@@H]1CCN([C@@H]2CCCC[C@H]2OCC(O)c2ccccc2)C1. The van der Waals surface area contributed by atoms with Crippen LogP contribution in [-0.2, 0) is 4.74 Å². The molecular formula is C19H29NO2. The number of ether oxygens (including phenoxy) is 1. The number of aliphatic hydroxyl groups excluding tert-OH is 1. The zero-order valence-electron chi connectivity index (χ0n) is 13.7. The molecule has 1 aromatic rings. The van der Waals surface area contributed by atoms with E-state index in [1.54, 1.807) is 0 Å². The van der Waals surface area contributed by atoms with Gasteiger partial charge in [0.25, 0.3) is 0 Å². The number of aliphatic hydroxyl groups is 1. The van der Waals surface area contributed by atoms with Crippen LogP contribution in [0.2, 0.25) is 0 Å². The fraction of sp³-hybridized carbons (Fsp3) is 0.684. The smallest absolute Gasteiger partial charge is 0.102 e. The van der Waals surface area contributed by atoms with Gasteiger partial charge in [-0.05, 0) is 37.3 Å². The lowest BCUT2D eigenvalue weighted by atomic mass is 9.91. The molecule has 2 aliphatic rings. The zero-order chi connectivity index (χ0) is 15.4. The topological polar surface area (TPSA) is 32.7 Å². The Labute approximate surface area is 134 Å². The Morgan fingerprint density at radius 2 is 1.95 bits per heavy atom. The highest BCUT2D eigenvalue weighted by atomic mass is 16.5. The van der Waals surface area contributed by atoms with Gasteiger partial charge in [-0.15, -0.1) is 0 Å². The Morgan fingerprint density at radius 3 is 2.68 bits per heavy atom. The van der Waals surface area contributed by atoms with Crippen molar-refractivity contribution < 1.29 is 9.84 Å². The summed E-state index contributed by atoms with van der Waals surface area (Å²) in [5.74, 6) is 0.817. The van der Waals surface area contributed by atoms with Crippen LogP contribution in [0.5, 0.6) is 0 Å². The van der Waals surface area contributed by atoms with E-state index >= 15 is 0 Å². The second kappa shape index (κ2) is 7.58. The van der Waals surface area contributed by atoms with E-state index in [4.69, 9.17) is 4.74 Å². The lowest BCUT2D eigenvalue weighted by Gasteiger charge is -2.38. The van der Waals surface area contributed by atoms with Crippen LogP contribution in [0.4, 0.5) is 0 Å². The average Bonchev–Trinajstić information content (AvgIpc) is 3.00. The van der Waals surface area contributed by atoms with Gasteiger partial charge in [-0.1, -0.05) is 50.1 Å². The van der Waals surface area contributed by atoms with Gasteiger partial charge in [0.1, 0.15) is 6.10 Å². The van der Waals surface area contributed by atoms with Crippen LogP contribution in [0.25, 0.3) is 0 Å². The van der Waals surface area contributed by atoms with Crippen molar-refractivity contribution in [1.29, 1.82) is 0 Å². The van der Waals surface area contributed by atoms with Crippen LogP contribution in [0, 0.1) is 5.92 Å². The van der Waals surface area contributed by atoms with E-state index in [1.807, 2.05) is 30.3 Å². The third kappa shape index (κ3) is 3.89. The number of likely N-dealkylation sites (tertiary alicyclic amines) is 1. The maximum atomic E-state index is 10.3. The van der Waals surface area contributed by atoms with Crippen LogP contribution in [-0.4, -0.2) is 41.8 Å². The third-order valence-electron chi connectivity index (χ3n) is 5.24. The molecule has 0 amide bonds. The molecule has 0 bridgehead atoms. The van der Waals surface area contributed by atoms with Crippen LogP contribution in [0.1, 0.15) is 50.7 Å². The minimum Gasteiger partial charge on any atom is -0.386 e. The Balaban J connectivity index is 1.55. The molecule has 0 radical (unpaired) electrons. The lowest BCUT2D eigenvalue weighted by Crippen LogP contribution is -2.46. The summed E-state index contributed by atoms with van der Waals surface area (Å²) in [6, 6.07) is 10.4. The Morgan fingerprint density at radius 1 is 1.18 bits per heavy atom. The van der Waals surface area contributed by atoms with Crippen molar-refractivity contribution >= 4 is 0 Å². The van der Waals surface area contributed by atoms with Crippen LogP contribution >= 0.6 is 0 Å². The Kier molecular flexibility index (Phi) is 5.51. The van der Waals surface area contributed by atoms with E-state index in [2.05, 4.69) is 11.8 Å². The number of nitrogens with zero attached hydrogens (tertiary/aromatic N) is 1. The van der Waals surface area contributed by atoms with Gasteiger partial charge in [0.2, 0.25) is 0 Å². The minimum atomic E-state index is -0.513. The van der Waals surface area contributed by atoms with Crippen molar-refractivity contribution in [2.75, 3.05) is 19.7 Å². The fourth-order valence-corrected chi connectivity index (χ4v) is 3.95. The molecule has 0 spiro atoms. The largest absolute Gasteiger partial charge is 0.386 e. The van der Waals surface area contributed by atoms with Crippen LogP contribution in [0.3, 0.4) is 0 Å². The summed E-state index contributed by atoms with van der Waals surface area (Å²) in [5.41, 5.74) is 0.949. The second-order valence-electron chi connectivity index (χ2n) is 7.04. The summed E-state index contributed by atoms with van der Waals surface area (Å²) in [7, 11) is 0. The van der Waals surface area contributed by atoms with Crippen molar-refractivity contribution in [3.63, 3.8) is 0 Å². The standard InChI is InChI=1S/C19H29NO2/c1-15-11-12-20(13-15)17-9-5-6-10-19(17)22-14-18(21)16-7-3-2-4-8-16/h2-4,7-8,15,17-19,21H,5-6,9-14H2,1H3/t15-,17-,18?,19-/m1/s1. The summed E-state index contributed by atoms with van der Waals surface area (Å²) in [4.78, 5) is 2.63. The average molecular weight is 303 g/mol. The highest BCUT2D eigenvalue weighted by molar-refractivity contribution is 5.17. The van der Waals surface area contributed by atoms with Crippen molar-refractivity contribution in [3.8, 4) is 0 Å². The molecule has 1 aromatic carbocycles. The summed E-state index contributed by atoms with van der Waals surface area (Å²) >= 11 is 0. The summed E-state index contributed by atoms with van der Waals surface area (Å²) < 4.78 is 6.17. The van der Waals surface area contributed by atoms with E-state index in [1.165, 1.54) is 38.8 Å². The van der Waals surface area contributed by atoms with E-state index in [9.17, 15) is 5.11 Å². The number of hydrogen-bond acceptors (Lipinski definition) is 3. The predicted molar refractivity (Wildman–Crippen MR) is 88.8 cm³/mol. The van der Waals surface area contributed by atoms with Gasteiger partial charge < -0.3 is 9.84 Å². The lowest BCUT2D eigenvalue weighted by molar-refractivity contribution is -0.0628. The van der Waals surface area contributed by atoms with Gasteiger partial charge in [0.15, 0.2) is 0 Å². The van der Waals surface area contributed by atoms with Crippen molar-refractivity contribution in [1.82, 2.24) is 4.90 Å². The number of hydrogen-bond donors (Lipinski definition) is 1. The summed E-state index contributed by atoms with van der Waals surface area (Å²) in [6.45, 7) is 5.19. The Hall–Kier alpha value is -0.900. The molecule has 4 atom stereocenters. The van der Waals surface area contributed by atoms with Gasteiger partial charge in [-0.3, -0.25) is 4.90 Å². The van der Waals surface area contributed by atoms with E-state index in [-0.39, 0.29) is 6.10 Å².